The molecular formula is C21H27Cl2N3O2S. The average molecular weight is 456 g/mol. The van der Waals surface area contributed by atoms with Crippen LogP contribution in [0, 0.1) is 0 Å². The zero-order valence-corrected chi connectivity index (χ0v) is 18.8. The summed E-state index contributed by atoms with van der Waals surface area (Å²) in [6, 6.07) is 15.7. The summed E-state index contributed by atoms with van der Waals surface area (Å²) in [5, 5.41) is 1.18. The van der Waals surface area contributed by atoms with Gasteiger partial charge in [0.2, 0.25) is 10.0 Å². The minimum absolute atomic E-state index is 0. The number of aromatic amines is 1. The number of piperazine rings is 1. The van der Waals surface area contributed by atoms with Crippen LogP contribution >= 0.6 is 24.8 Å². The highest BCUT2D eigenvalue weighted by molar-refractivity contribution is 7.89. The van der Waals surface area contributed by atoms with E-state index in [1.54, 1.807) is 16.4 Å². The molecule has 2 aromatic carbocycles. The summed E-state index contributed by atoms with van der Waals surface area (Å²) < 4.78 is 27.5. The topological polar surface area (TPSA) is 56.4 Å². The number of aromatic nitrogens is 1. The number of anilines is 1. The predicted octanol–water partition coefficient (Wildman–Crippen LogP) is 4.47. The number of H-pyrrole nitrogens is 1. The minimum Gasteiger partial charge on any atom is -0.369 e. The number of sulfonamides is 1. The first-order valence-corrected chi connectivity index (χ1v) is 10.9. The van der Waals surface area contributed by atoms with Crippen LogP contribution in [0.5, 0.6) is 0 Å². The molecule has 2 heterocycles. The van der Waals surface area contributed by atoms with Crippen molar-refractivity contribution in [2.75, 3.05) is 31.1 Å². The molecule has 3 aromatic rings. The number of hydrogen-bond donors (Lipinski definition) is 1. The molecule has 0 amide bonds. The molecule has 0 bridgehead atoms. The molecule has 1 fully saturated rings. The molecule has 1 aromatic heterocycles. The van der Waals surface area contributed by atoms with Crippen molar-refractivity contribution in [3.05, 3.63) is 60.3 Å². The first kappa shape index (κ1) is 23.5. The van der Waals surface area contributed by atoms with Gasteiger partial charge >= 0.3 is 0 Å². The van der Waals surface area contributed by atoms with E-state index in [1.165, 1.54) is 10.9 Å². The SMILES string of the molecule is CCCc1ccc(S(=O)(=O)N2CCN(c3ccc4[nH]ccc4c3)CC2)cc1.Cl.Cl. The molecule has 1 aliphatic rings. The Morgan fingerprint density at radius 1 is 0.931 bits per heavy atom. The van der Waals surface area contributed by atoms with Gasteiger partial charge in [-0.1, -0.05) is 25.5 Å². The van der Waals surface area contributed by atoms with Gasteiger partial charge in [0.1, 0.15) is 0 Å². The van der Waals surface area contributed by atoms with Gasteiger partial charge in [-0.2, -0.15) is 4.31 Å². The van der Waals surface area contributed by atoms with E-state index in [2.05, 4.69) is 41.1 Å². The first-order chi connectivity index (χ1) is 13.1. The molecule has 29 heavy (non-hydrogen) atoms. The standard InChI is InChI=1S/C21H25N3O2S.2ClH/c1-2-3-17-4-7-20(8-5-17)27(25,26)24-14-12-23(13-15-24)19-6-9-21-18(16-19)10-11-22-21;;/h4-11,16,22H,2-3,12-15H2,1H3;2*1H. The van der Waals surface area contributed by atoms with Crippen LogP contribution in [0.25, 0.3) is 10.9 Å². The van der Waals surface area contributed by atoms with E-state index in [1.807, 2.05) is 18.3 Å². The maximum atomic E-state index is 12.9. The van der Waals surface area contributed by atoms with E-state index < -0.39 is 10.0 Å². The lowest BCUT2D eigenvalue weighted by Gasteiger charge is -2.35. The van der Waals surface area contributed by atoms with E-state index >= 15 is 0 Å². The number of fused-ring (bicyclic) bond motifs is 1. The minimum atomic E-state index is -3.42. The molecule has 0 aliphatic carbocycles. The lowest BCUT2D eigenvalue weighted by molar-refractivity contribution is 0.385. The van der Waals surface area contributed by atoms with Crippen molar-refractivity contribution in [3.8, 4) is 0 Å². The van der Waals surface area contributed by atoms with Gasteiger partial charge < -0.3 is 9.88 Å². The van der Waals surface area contributed by atoms with Crippen molar-refractivity contribution < 1.29 is 8.42 Å². The summed E-state index contributed by atoms with van der Waals surface area (Å²) in [7, 11) is -3.42. The molecule has 0 unspecified atom stereocenters. The van der Waals surface area contributed by atoms with Gasteiger partial charge in [-0.25, -0.2) is 8.42 Å². The van der Waals surface area contributed by atoms with Crippen LogP contribution in [-0.4, -0.2) is 43.9 Å². The normalized spacial score (nSPS) is 15.0. The smallest absolute Gasteiger partial charge is 0.243 e. The Morgan fingerprint density at radius 2 is 1.62 bits per heavy atom. The highest BCUT2D eigenvalue weighted by Crippen LogP contribution is 2.24. The number of rotatable bonds is 5. The second-order valence-electron chi connectivity index (χ2n) is 7.03. The maximum Gasteiger partial charge on any atom is 0.243 e. The maximum absolute atomic E-state index is 12.9. The Balaban J connectivity index is 0.00000150. The molecule has 1 saturated heterocycles. The van der Waals surface area contributed by atoms with E-state index in [4.69, 9.17) is 0 Å². The Labute approximate surface area is 185 Å². The Hall–Kier alpha value is -1.73. The molecule has 8 heteroatoms. The summed E-state index contributed by atoms with van der Waals surface area (Å²) in [5.41, 5.74) is 3.44. The third kappa shape index (κ3) is 4.89. The van der Waals surface area contributed by atoms with Gasteiger partial charge in [0.25, 0.3) is 0 Å². The Kier molecular flexibility index (Phi) is 8.00. The van der Waals surface area contributed by atoms with E-state index in [-0.39, 0.29) is 24.8 Å². The van der Waals surface area contributed by atoms with Crippen molar-refractivity contribution in [2.24, 2.45) is 0 Å². The van der Waals surface area contributed by atoms with Gasteiger partial charge in [0.15, 0.2) is 0 Å². The van der Waals surface area contributed by atoms with Gasteiger partial charge in [-0.3, -0.25) is 0 Å². The van der Waals surface area contributed by atoms with Crippen molar-refractivity contribution in [1.29, 1.82) is 0 Å². The van der Waals surface area contributed by atoms with Gasteiger partial charge in [-0.15, -0.1) is 24.8 Å². The van der Waals surface area contributed by atoms with Crippen molar-refractivity contribution in [1.82, 2.24) is 9.29 Å². The van der Waals surface area contributed by atoms with Crippen molar-refractivity contribution in [2.45, 2.75) is 24.7 Å². The van der Waals surface area contributed by atoms with Crippen LogP contribution in [-0.2, 0) is 16.4 Å². The van der Waals surface area contributed by atoms with Crippen LogP contribution in [0.3, 0.4) is 0 Å². The Morgan fingerprint density at radius 3 is 2.28 bits per heavy atom. The molecule has 4 rings (SSSR count). The van der Waals surface area contributed by atoms with Crippen LogP contribution in [0.2, 0.25) is 0 Å². The number of nitrogens with zero attached hydrogens (tertiary/aromatic N) is 2. The second-order valence-corrected chi connectivity index (χ2v) is 8.97. The average Bonchev–Trinajstić information content (AvgIpc) is 3.17. The largest absolute Gasteiger partial charge is 0.369 e. The molecule has 5 nitrogen and oxygen atoms in total. The third-order valence-corrected chi connectivity index (χ3v) is 7.15. The van der Waals surface area contributed by atoms with Crippen molar-refractivity contribution in [3.63, 3.8) is 0 Å². The summed E-state index contributed by atoms with van der Waals surface area (Å²) in [6.07, 6.45) is 3.97. The fourth-order valence-corrected chi connectivity index (χ4v) is 5.11. The number of benzene rings is 2. The van der Waals surface area contributed by atoms with Gasteiger partial charge in [-0.05, 0) is 48.4 Å². The molecule has 0 saturated carbocycles. The zero-order valence-electron chi connectivity index (χ0n) is 16.4. The zero-order chi connectivity index (χ0) is 18.9. The molecule has 1 aliphatic heterocycles. The molecule has 158 valence electrons. The van der Waals surface area contributed by atoms with E-state index in [0.29, 0.717) is 31.1 Å². The summed E-state index contributed by atoms with van der Waals surface area (Å²) >= 11 is 0. The number of halogens is 2. The van der Waals surface area contributed by atoms with Gasteiger partial charge in [0.05, 0.1) is 4.90 Å². The summed E-state index contributed by atoms with van der Waals surface area (Å²) in [5.74, 6) is 0. The van der Waals surface area contributed by atoms with Gasteiger partial charge in [0, 0.05) is 49.0 Å². The quantitative estimate of drug-likeness (QED) is 0.616. The lowest BCUT2D eigenvalue weighted by atomic mass is 10.1. The predicted molar refractivity (Wildman–Crippen MR) is 124 cm³/mol. The van der Waals surface area contributed by atoms with Crippen LogP contribution < -0.4 is 4.90 Å². The molecule has 0 atom stereocenters. The fourth-order valence-electron chi connectivity index (χ4n) is 3.69. The highest BCUT2D eigenvalue weighted by atomic mass is 35.5. The Bertz CT molecular complexity index is 1030. The summed E-state index contributed by atoms with van der Waals surface area (Å²) in [4.78, 5) is 5.85. The molecule has 0 spiro atoms. The summed E-state index contributed by atoms with van der Waals surface area (Å²) in [6.45, 7) is 4.53. The molecule has 1 N–H and O–H groups in total. The van der Waals surface area contributed by atoms with Crippen LogP contribution in [0.15, 0.2) is 59.6 Å². The highest BCUT2D eigenvalue weighted by Gasteiger charge is 2.28. The third-order valence-electron chi connectivity index (χ3n) is 5.24. The second kappa shape index (κ2) is 9.85. The number of aryl methyl sites for hydroxylation is 1. The molecular weight excluding hydrogens is 429 g/mol. The number of hydrogen-bond acceptors (Lipinski definition) is 3. The van der Waals surface area contributed by atoms with Crippen LogP contribution in [0.1, 0.15) is 18.9 Å². The fraction of sp³-hybridized carbons (Fsp3) is 0.333. The monoisotopic (exact) mass is 455 g/mol. The number of nitrogens with one attached hydrogen (secondary N) is 1. The van der Waals surface area contributed by atoms with Crippen LogP contribution in [0.4, 0.5) is 5.69 Å². The van der Waals surface area contributed by atoms with Crippen molar-refractivity contribution >= 4 is 51.4 Å². The first-order valence-electron chi connectivity index (χ1n) is 9.49. The van der Waals surface area contributed by atoms with E-state index in [9.17, 15) is 8.42 Å². The van der Waals surface area contributed by atoms with E-state index in [0.717, 1.165) is 24.0 Å². The lowest BCUT2D eigenvalue weighted by Crippen LogP contribution is -2.48. The molecule has 0 radical (unpaired) electrons.